The first-order valence-corrected chi connectivity index (χ1v) is 6.32. The smallest absolute Gasteiger partial charge is 0.410 e. The minimum Gasteiger partial charge on any atom is -0.444 e. The SMILES string of the molecule is CC(C)NC(C)CCN(C)C(=O)OC(C)(C)C. The number of hydrogen-bond acceptors (Lipinski definition) is 3. The Hall–Kier alpha value is -0.770. The zero-order valence-corrected chi connectivity index (χ0v) is 12.3. The summed E-state index contributed by atoms with van der Waals surface area (Å²) in [6.45, 7) is 12.7. The van der Waals surface area contributed by atoms with Crippen LogP contribution in [0.5, 0.6) is 0 Å². The highest BCUT2D eigenvalue weighted by molar-refractivity contribution is 5.67. The number of hydrogen-bond donors (Lipinski definition) is 1. The van der Waals surface area contributed by atoms with Crippen LogP contribution in [0.3, 0.4) is 0 Å². The number of nitrogens with one attached hydrogen (secondary N) is 1. The maximum atomic E-state index is 11.7. The van der Waals surface area contributed by atoms with Gasteiger partial charge >= 0.3 is 6.09 Å². The predicted octanol–water partition coefficient (Wildman–Crippen LogP) is 2.63. The fourth-order valence-electron chi connectivity index (χ4n) is 1.47. The summed E-state index contributed by atoms with van der Waals surface area (Å²) < 4.78 is 5.28. The second-order valence-electron chi connectivity index (χ2n) is 5.91. The standard InChI is InChI=1S/C13H28N2O2/c1-10(2)14-11(3)8-9-15(7)12(16)17-13(4,5)6/h10-11,14H,8-9H2,1-7H3. The third-order valence-electron chi connectivity index (χ3n) is 2.22. The van der Waals surface area contributed by atoms with Crippen molar-refractivity contribution in [2.45, 2.75) is 65.6 Å². The van der Waals surface area contributed by atoms with Crippen LogP contribution < -0.4 is 5.32 Å². The summed E-state index contributed by atoms with van der Waals surface area (Å²) in [6.07, 6.45) is 0.669. The van der Waals surface area contributed by atoms with Gasteiger partial charge in [0.2, 0.25) is 0 Å². The normalized spacial score (nSPS) is 13.6. The molecule has 0 rings (SSSR count). The lowest BCUT2D eigenvalue weighted by molar-refractivity contribution is 0.0293. The summed E-state index contributed by atoms with van der Waals surface area (Å²) >= 11 is 0. The summed E-state index contributed by atoms with van der Waals surface area (Å²) in [5, 5.41) is 3.41. The van der Waals surface area contributed by atoms with Gasteiger partial charge in [0.1, 0.15) is 5.60 Å². The van der Waals surface area contributed by atoms with E-state index >= 15 is 0 Å². The number of carbonyl (C=O) groups is 1. The van der Waals surface area contributed by atoms with Gasteiger partial charge in [-0.25, -0.2) is 4.79 Å². The Balaban J connectivity index is 3.93. The average Bonchev–Trinajstić information content (AvgIpc) is 2.10. The molecule has 0 aliphatic rings. The third kappa shape index (κ3) is 8.98. The van der Waals surface area contributed by atoms with E-state index < -0.39 is 5.60 Å². The molecule has 0 aromatic carbocycles. The van der Waals surface area contributed by atoms with Crippen LogP contribution in [0.2, 0.25) is 0 Å². The highest BCUT2D eigenvalue weighted by Crippen LogP contribution is 2.09. The Morgan fingerprint density at radius 1 is 1.29 bits per heavy atom. The Labute approximate surface area is 106 Å². The van der Waals surface area contributed by atoms with Crippen LogP contribution in [0.15, 0.2) is 0 Å². The van der Waals surface area contributed by atoms with Crippen molar-refractivity contribution in [1.29, 1.82) is 0 Å². The molecular weight excluding hydrogens is 216 g/mol. The van der Waals surface area contributed by atoms with E-state index in [0.717, 1.165) is 6.42 Å². The Morgan fingerprint density at radius 3 is 2.24 bits per heavy atom. The molecule has 0 radical (unpaired) electrons. The molecule has 0 spiro atoms. The molecule has 0 aliphatic heterocycles. The highest BCUT2D eigenvalue weighted by Gasteiger charge is 2.19. The maximum Gasteiger partial charge on any atom is 0.410 e. The van der Waals surface area contributed by atoms with Gasteiger partial charge in [-0.15, -0.1) is 0 Å². The summed E-state index contributed by atoms with van der Waals surface area (Å²) in [5.74, 6) is 0. The zero-order valence-electron chi connectivity index (χ0n) is 12.3. The summed E-state index contributed by atoms with van der Waals surface area (Å²) in [5.41, 5.74) is -0.423. The van der Waals surface area contributed by atoms with Gasteiger partial charge in [-0.05, 0) is 34.1 Å². The van der Waals surface area contributed by atoms with Crippen LogP contribution in [-0.4, -0.2) is 42.3 Å². The van der Waals surface area contributed by atoms with E-state index in [2.05, 4.69) is 26.1 Å². The molecule has 1 N–H and O–H groups in total. The van der Waals surface area contributed by atoms with Crippen molar-refractivity contribution >= 4 is 6.09 Å². The van der Waals surface area contributed by atoms with Crippen LogP contribution in [-0.2, 0) is 4.74 Å². The molecule has 1 amide bonds. The van der Waals surface area contributed by atoms with Crippen LogP contribution in [0, 0.1) is 0 Å². The molecule has 17 heavy (non-hydrogen) atoms. The molecule has 0 saturated heterocycles. The average molecular weight is 244 g/mol. The molecule has 1 unspecified atom stereocenters. The molecule has 0 fully saturated rings. The fourth-order valence-corrected chi connectivity index (χ4v) is 1.47. The van der Waals surface area contributed by atoms with Crippen molar-refractivity contribution in [3.05, 3.63) is 0 Å². The monoisotopic (exact) mass is 244 g/mol. The first-order chi connectivity index (χ1) is 7.61. The van der Waals surface area contributed by atoms with Crippen molar-refractivity contribution in [3.63, 3.8) is 0 Å². The number of rotatable bonds is 5. The van der Waals surface area contributed by atoms with Crippen molar-refractivity contribution in [2.24, 2.45) is 0 Å². The van der Waals surface area contributed by atoms with Crippen LogP contribution in [0.25, 0.3) is 0 Å². The lowest BCUT2D eigenvalue weighted by Crippen LogP contribution is -2.38. The second kappa shape index (κ2) is 6.84. The van der Waals surface area contributed by atoms with Crippen molar-refractivity contribution < 1.29 is 9.53 Å². The van der Waals surface area contributed by atoms with E-state index in [1.54, 1.807) is 11.9 Å². The fraction of sp³-hybridized carbons (Fsp3) is 0.923. The molecule has 4 heteroatoms. The van der Waals surface area contributed by atoms with E-state index in [0.29, 0.717) is 18.6 Å². The van der Waals surface area contributed by atoms with Gasteiger partial charge < -0.3 is 15.0 Å². The molecule has 0 heterocycles. The lowest BCUT2D eigenvalue weighted by Gasteiger charge is -2.26. The van der Waals surface area contributed by atoms with Gasteiger partial charge in [-0.1, -0.05) is 13.8 Å². The molecule has 0 aromatic rings. The lowest BCUT2D eigenvalue weighted by atomic mass is 10.2. The Morgan fingerprint density at radius 2 is 1.82 bits per heavy atom. The molecule has 0 saturated carbocycles. The van der Waals surface area contributed by atoms with Gasteiger partial charge in [0.15, 0.2) is 0 Å². The third-order valence-corrected chi connectivity index (χ3v) is 2.22. The number of nitrogens with zero attached hydrogens (tertiary/aromatic N) is 1. The molecule has 102 valence electrons. The highest BCUT2D eigenvalue weighted by atomic mass is 16.6. The molecular formula is C13H28N2O2. The van der Waals surface area contributed by atoms with Crippen LogP contribution in [0.4, 0.5) is 4.79 Å². The van der Waals surface area contributed by atoms with E-state index in [1.165, 1.54) is 0 Å². The van der Waals surface area contributed by atoms with Gasteiger partial charge in [0.05, 0.1) is 0 Å². The molecule has 0 aliphatic carbocycles. The van der Waals surface area contributed by atoms with E-state index in [-0.39, 0.29) is 6.09 Å². The maximum absolute atomic E-state index is 11.7. The van der Waals surface area contributed by atoms with Crippen LogP contribution >= 0.6 is 0 Å². The van der Waals surface area contributed by atoms with Crippen molar-refractivity contribution in [3.8, 4) is 0 Å². The van der Waals surface area contributed by atoms with Gasteiger partial charge in [0, 0.05) is 25.7 Å². The predicted molar refractivity (Wildman–Crippen MR) is 71.2 cm³/mol. The number of amides is 1. The quantitative estimate of drug-likeness (QED) is 0.808. The Bertz CT molecular complexity index is 234. The largest absolute Gasteiger partial charge is 0.444 e. The summed E-state index contributed by atoms with van der Waals surface area (Å²) in [6, 6.07) is 0.872. The first-order valence-electron chi connectivity index (χ1n) is 6.32. The summed E-state index contributed by atoms with van der Waals surface area (Å²) in [4.78, 5) is 13.3. The Kier molecular flexibility index (Phi) is 6.53. The van der Waals surface area contributed by atoms with Gasteiger partial charge in [-0.2, -0.15) is 0 Å². The zero-order chi connectivity index (χ0) is 13.6. The second-order valence-corrected chi connectivity index (χ2v) is 5.91. The molecule has 0 bridgehead atoms. The van der Waals surface area contributed by atoms with Crippen LogP contribution in [0.1, 0.15) is 48.0 Å². The first kappa shape index (κ1) is 16.2. The number of ether oxygens (including phenoxy) is 1. The molecule has 4 nitrogen and oxygen atoms in total. The van der Waals surface area contributed by atoms with Crippen molar-refractivity contribution in [1.82, 2.24) is 10.2 Å². The van der Waals surface area contributed by atoms with E-state index in [4.69, 9.17) is 4.74 Å². The topological polar surface area (TPSA) is 41.6 Å². The van der Waals surface area contributed by atoms with Crippen molar-refractivity contribution in [2.75, 3.05) is 13.6 Å². The molecule has 1 atom stereocenters. The number of carbonyl (C=O) groups excluding carboxylic acids is 1. The minimum atomic E-state index is -0.423. The van der Waals surface area contributed by atoms with Gasteiger partial charge in [-0.3, -0.25) is 0 Å². The van der Waals surface area contributed by atoms with E-state index in [1.807, 2.05) is 20.8 Å². The van der Waals surface area contributed by atoms with Gasteiger partial charge in [0.25, 0.3) is 0 Å². The minimum absolute atomic E-state index is 0.255. The summed E-state index contributed by atoms with van der Waals surface area (Å²) in [7, 11) is 1.77. The molecule has 0 aromatic heterocycles. The van der Waals surface area contributed by atoms with E-state index in [9.17, 15) is 4.79 Å².